The van der Waals surface area contributed by atoms with Crippen molar-refractivity contribution in [3.05, 3.63) is 381 Å². The molecule has 21 aromatic rings. The number of rotatable bonds is 13. The summed E-state index contributed by atoms with van der Waals surface area (Å²) >= 11 is 5.54. The zero-order valence-electron chi connectivity index (χ0n) is 62.2. The minimum absolute atomic E-state index is 0.0681. The SMILES string of the molecule is CC1(C)c2ccccc2-c2ccc(-c3ccc(-c4cc(-c5ccc(-c6ccc7sc8ccc(-c9ccc%10c(c9)sc9ccc(-c%11cc(-c%12ccc%13sc%14ccccc%14c%13c%12)cc(-c%12nc(-c%13ccc(-c%14ccccc%14)cc%13)nc(-c%13ccc(-c%14ccccc%14)cc%13)n%12)c%11)cc9%10)cc8c7c6)cc5)nc(-c5ccccc5)n4)cc3)cc21. The van der Waals surface area contributed by atoms with Crippen molar-refractivity contribution in [2.45, 2.75) is 19.3 Å². The predicted octanol–water partition coefficient (Wildman–Crippen LogP) is 29.7. The van der Waals surface area contributed by atoms with E-state index in [2.05, 4.69) is 378 Å². The van der Waals surface area contributed by atoms with Gasteiger partial charge in [-0.25, -0.2) is 24.9 Å². The molecule has 0 fully saturated rings. The standard InChI is InChI=1S/C106H67N5S3/c1-106(2)92-24-14-12-22-84(92)85-48-42-79(61-93(85)106)69-28-36-71(37-29-69)95-63-94(107-102(108-95)72-20-10-5-11-21-72)70-34-26-68(27-35-70)75-44-50-99-90(57-75)91-58-76(45-51-100(91)113-99)80-43-49-87-89-60-78(47-53-98(89)114-101(87)62-80)82-54-81(77-46-52-97-88(59-77)86-23-13-15-25-96(86)112-97)55-83(56-82)105-110-103(73-38-30-66(31-39-73)64-16-6-3-7-17-64)109-104(111-105)74-40-32-67(33-41-74)65-18-8-4-9-19-65/h3-63H,1-2H3. The molecule has 22 rings (SSSR count). The normalized spacial score (nSPS) is 12.4. The van der Waals surface area contributed by atoms with Crippen LogP contribution in [0.4, 0.5) is 0 Å². The van der Waals surface area contributed by atoms with Crippen molar-refractivity contribution in [1.29, 1.82) is 0 Å². The van der Waals surface area contributed by atoms with E-state index in [9.17, 15) is 0 Å². The van der Waals surface area contributed by atoms with E-state index in [4.69, 9.17) is 24.9 Å². The summed E-state index contributed by atoms with van der Waals surface area (Å²) in [5, 5.41) is 7.48. The largest absolute Gasteiger partial charge is 0.228 e. The van der Waals surface area contributed by atoms with E-state index in [-0.39, 0.29) is 5.41 Å². The second-order valence-corrected chi connectivity index (χ2v) is 33.5. The van der Waals surface area contributed by atoms with Gasteiger partial charge in [0.15, 0.2) is 23.3 Å². The number of aromatic nitrogens is 5. The zero-order valence-corrected chi connectivity index (χ0v) is 64.6. The van der Waals surface area contributed by atoms with E-state index < -0.39 is 0 Å². The van der Waals surface area contributed by atoms with Gasteiger partial charge in [-0.05, 0) is 191 Å². The summed E-state index contributed by atoms with van der Waals surface area (Å²) in [4.78, 5) is 26.5. The molecule has 1 aliphatic carbocycles. The number of fused-ring (bicyclic) bond motifs is 12. The zero-order chi connectivity index (χ0) is 75.5. The molecule has 5 aromatic heterocycles. The highest BCUT2D eigenvalue weighted by Crippen LogP contribution is 2.51. The van der Waals surface area contributed by atoms with Crippen LogP contribution in [0.25, 0.3) is 218 Å². The van der Waals surface area contributed by atoms with Crippen molar-refractivity contribution >= 4 is 94.5 Å². The molecule has 0 saturated heterocycles. The van der Waals surface area contributed by atoms with Gasteiger partial charge in [-0.3, -0.25) is 0 Å². The number of nitrogens with zero attached hydrogens (tertiary/aromatic N) is 5. The topological polar surface area (TPSA) is 64.5 Å². The lowest BCUT2D eigenvalue weighted by atomic mass is 9.81. The monoisotopic (exact) mass is 1510 g/mol. The first-order chi connectivity index (χ1) is 56.1. The Kier molecular flexibility index (Phi) is 16.1. The van der Waals surface area contributed by atoms with Gasteiger partial charge in [0.1, 0.15) is 0 Å². The molecule has 8 heteroatoms. The third-order valence-corrected chi connectivity index (χ3v) is 26.5. The van der Waals surface area contributed by atoms with Crippen molar-refractivity contribution in [3.8, 4) is 157 Å². The highest BCUT2D eigenvalue weighted by Gasteiger charge is 2.35. The van der Waals surface area contributed by atoms with Gasteiger partial charge in [0.05, 0.1) is 11.4 Å². The van der Waals surface area contributed by atoms with Gasteiger partial charge in [-0.2, -0.15) is 0 Å². The van der Waals surface area contributed by atoms with E-state index >= 15 is 0 Å². The molecule has 1 aliphatic rings. The van der Waals surface area contributed by atoms with Gasteiger partial charge >= 0.3 is 0 Å². The molecule has 114 heavy (non-hydrogen) atoms. The Morgan fingerprint density at radius 3 is 1.01 bits per heavy atom. The van der Waals surface area contributed by atoms with Crippen molar-refractivity contribution in [2.24, 2.45) is 0 Å². The van der Waals surface area contributed by atoms with E-state index in [1.54, 1.807) is 0 Å². The minimum atomic E-state index is -0.0681. The first-order valence-corrected chi connectivity index (χ1v) is 41.1. The molecule has 16 aromatic carbocycles. The summed E-state index contributed by atoms with van der Waals surface area (Å²) in [5.74, 6) is 2.51. The molecular weight excluding hydrogens is 1440 g/mol. The van der Waals surface area contributed by atoms with Crippen LogP contribution in [0.5, 0.6) is 0 Å². The fraction of sp³-hybridized carbons (Fsp3) is 0.0283. The molecule has 5 heterocycles. The van der Waals surface area contributed by atoms with Crippen molar-refractivity contribution in [1.82, 2.24) is 24.9 Å². The number of hydrogen-bond donors (Lipinski definition) is 0. The van der Waals surface area contributed by atoms with Gasteiger partial charge in [0, 0.05) is 99.3 Å². The van der Waals surface area contributed by atoms with Crippen LogP contribution in [0.3, 0.4) is 0 Å². The average molecular weight is 1510 g/mol. The van der Waals surface area contributed by atoms with Crippen LogP contribution in [0.1, 0.15) is 25.0 Å². The number of benzene rings is 16. The smallest absolute Gasteiger partial charge is 0.164 e. The van der Waals surface area contributed by atoms with E-state index in [0.29, 0.717) is 23.3 Å². The molecule has 0 unspecified atom stereocenters. The summed E-state index contributed by atoms with van der Waals surface area (Å²) in [7, 11) is 0. The lowest BCUT2D eigenvalue weighted by Crippen LogP contribution is -2.14. The molecule has 0 radical (unpaired) electrons. The van der Waals surface area contributed by atoms with Gasteiger partial charge in [-0.1, -0.05) is 293 Å². The Labute approximate surface area is 671 Å². The third kappa shape index (κ3) is 12.0. The first-order valence-electron chi connectivity index (χ1n) is 38.6. The van der Waals surface area contributed by atoms with Crippen molar-refractivity contribution in [2.75, 3.05) is 0 Å². The van der Waals surface area contributed by atoms with Crippen LogP contribution in [0.15, 0.2) is 370 Å². The molecule has 534 valence electrons. The minimum Gasteiger partial charge on any atom is -0.228 e. The Bertz CT molecular complexity index is 7290. The van der Waals surface area contributed by atoms with Crippen molar-refractivity contribution < 1.29 is 0 Å². The number of thiophene rings is 3. The van der Waals surface area contributed by atoms with E-state index in [0.717, 1.165) is 94.8 Å². The second kappa shape index (κ2) is 27.3. The van der Waals surface area contributed by atoms with Gasteiger partial charge in [-0.15, -0.1) is 34.0 Å². The number of hydrogen-bond acceptors (Lipinski definition) is 8. The first kappa shape index (κ1) is 67.2. The summed E-state index contributed by atoms with van der Waals surface area (Å²) in [6, 6.07) is 135. The Hall–Kier alpha value is -13.7. The van der Waals surface area contributed by atoms with Crippen molar-refractivity contribution in [3.63, 3.8) is 0 Å². The molecule has 0 amide bonds. The van der Waals surface area contributed by atoms with Gasteiger partial charge < -0.3 is 0 Å². The summed E-state index contributed by atoms with van der Waals surface area (Å²) in [6.07, 6.45) is 0. The fourth-order valence-corrected chi connectivity index (χ4v) is 20.2. The van der Waals surface area contributed by atoms with Crippen LogP contribution < -0.4 is 0 Å². The maximum Gasteiger partial charge on any atom is 0.164 e. The Balaban J connectivity index is 0.583. The maximum absolute atomic E-state index is 5.40. The molecule has 0 aliphatic heterocycles. The van der Waals surface area contributed by atoms with Crippen LogP contribution in [0, 0.1) is 0 Å². The molecule has 0 bridgehead atoms. The van der Waals surface area contributed by atoms with Crippen LogP contribution >= 0.6 is 34.0 Å². The third-order valence-electron chi connectivity index (χ3n) is 23.0. The highest BCUT2D eigenvalue weighted by molar-refractivity contribution is 7.26. The maximum atomic E-state index is 5.40. The lowest BCUT2D eigenvalue weighted by Gasteiger charge is -2.22. The van der Waals surface area contributed by atoms with E-state index in [1.807, 2.05) is 40.1 Å². The summed E-state index contributed by atoms with van der Waals surface area (Å²) < 4.78 is 7.57. The Morgan fingerprint density at radius 1 is 0.175 bits per heavy atom. The molecular formula is C106H67N5S3. The van der Waals surface area contributed by atoms with Gasteiger partial charge in [0.25, 0.3) is 0 Å². The highest BCUT2D eigenvalue weighted by atomic mass is 32.1. The predicted molar refractivity (Wildman–Crippen MR) is 482 cm³/mol. The van der Waals surface area contributed by atoms with Crippen LogP contribution in [0.2, 0.25) is 0 Å². The quantitative estimate of drug-likeness (QED) is 0.115. The van der Waals surface area contributed by atoms with E-state index in [1.165, 1.54) is 111 Å². The lowest BCUT2D eigenvalue weighted by molar-refractivity contribution is 0.660. The summed E-state index contributed by atoms with van der Waals surface area (Å²) in [6.45, 7) is 4.68. The fourth-order valence-electron chi connectivity index (χ4n) is 16.9. The van der Waals surface area contributed by atoms with Crippen LogP contribution in [-0.2, 0) is 5.41 Å². The summed E-state index contributed by atoms with van der Waals surface area (Å²) in [5.41, 5.74) is 28.9. The molecule has 0 atom stereocenters. The Morgan fingerprint density at radius 2 is 0.482 bits per heavy atom. The molecule has 0 saturated carbocycles. The molecule has 0 N–H and O–H groups in total. The van der Waals surface area contributed by atoms with Crippen LogP contribution in [-0.4, -0.2) is 24.9 Å². The average Bonchev–Trinajstić information content (AvgIpc) is 1.58. The van der Waals surface area contributed by atoms with Gasteiger partial charge in [0.2, 0.25) is 0 Å². The molecule has 0 spiro atoms. The molecule has 5 nitrogen and oxygen atoms in total. The second-order valence-electron chi connectivity index (χ2n) is 30.3.